The molecule has 2 aliphatic rings. The third kappa shape index (κ3) is 0.720. The van der Waals surface area contributed by atoms with E-state index in [2.05, 4.69) is 0 Å². The van der Waals surface area contributed by atoms with Crippen molar-refractivity contribution in [3.05, 3.63) is 0 Å². The van der Waals surface area contributed by atoms with E-state index >= 15 is 0 Å². The highest BCUT2D eigenvalue weighted by atomic mass is 32.2. The molecule has 0 N–H and O–H groups in total. The van der Waals surface area contributed by atoms with Crippen LogP contribution in [-0.4, -0.2) is 13.4 Å². The van der Waals surface area contributed by atoms with E-state index in [0.717, 1.165) is 32.1 Å². The zero-order valence-corrected chi connectivity index (χ0v) is 6.49. The van der Waals surface area contributed by atoms with Crippen LogP contribution in [0, 0.1) is 0 Å². The van der Waals surface area contributed by atoms with E-state index in [1.54, 1.807) is 0 Å². The summed E-state index contributed by atoms with van der Waals surface area (Å²) < 4.78 is 26.4. The van der Waals surface area contributed by atoms with Crippen LogP contribution in [-0.2, 0) is 14.3 Å². The molecule has 3 nitrogen and oxygen atoms in total. The van der Waals surface area contributed by atoms with Gasteiger partial charge in [-0.3, -0.25) is 0 Å². The molecular weight excluding hydrogens is 152 g/mol. The molecule has 2 fully saturated rings. The molecule has 0 aromatic rings. The summed E-state index contributed by atoms with van der Waals surface area (Å²) in [5.74, 6) is 0. The van der Waals surface area contributed by atoms with Gasteiger partial charge in [-0.05, 0) is 25.7 Å². The van der Waals surface area contributed by atoms with Crippen LogP contribution in [0.25, 0.3) is 0 Å². The Morgan fingerprint density at radius 1 is 1.10 bits per heavy atom. The molecule has 1 spiro atoms. The fourth-order valence-corrected chi connectivity index (χ4v) is 3.09. The largest absolute Gasteiger partial charge is 0.300 e. The lowest BCUT2D eigenvalue weighted by molar-refractivity contribution is 0.241. The van der Waals surface area contributed by atoms with Crippen LogP contribution in [0.5, 0.6) is 0 Å². The molecule has 10 heavy (non-hydrogen) atoms. The second kappa shape index (κ2) is 1.74. The Kier molecular flexibility index (Phi) is 1.15. The predicted molar refractivity (Wildman–Crippen MR) is 35.8 cm³/mol. The van der Waals surface area contributed by atoms with Gasteiger partial charge in [0.2, 0.25) is 4.93 Å². The average molecular weight is 162 g/mol. The van der Waals surface area contributed by atoms with Crippen LogP contribution < -0.4 is 0 Å². The summed E-state index contributed by atoms with van der Waals surface area (Å²) in [5.41, 5.74) is 0. The zero-order chi connectivity index (χ0) is 7.24. The van der Waals surface area contributed by atoms with Crippen LogP contribution >= 0.6 is 0 Å². The lowest BCUT2D eigenvalue weighted by atomic mass is 9.98. The summed E-state index contributed by atoms with van der Waals surface area (Å²) in [5, 5.41) is 0. The fourth-order valence-electron chi connectivity index (χ4n) is 1.61. The minimum Gasteiger partial charge on any atom is -0.242 e. The maximum absolute atomic E-state index is 10.8. The molecule has 1 aliphatic heterocycles. The van der Waals surface area contributed by atoms with E-state index in [4.69, 9.17) is 4.18 Å². The topological polar surface area (TPSA) is 46.7 Å². The van der Waals surface area contributed by atoms with Gasteiger partial charge in [-0.1, -0.05) is 6.42 Å². The quantitative estimate of drug-likeness (QED) is 0.499. The molecule has 0 unspecified atom stereocenters. The van der Waals surface area contributed by atoms with E-state index in [0.29, 0.717) is 0 Å². The monoisotopic (exact) mass is 162 g/mol. The van der Waals surface area contributed by atoms with Crippen molar-refractivity contribution < 1.29 is 12.6 Å². The summed E-state index contributed by atoms with van der Waals surface area (Å²) in [4.78, 5) is -0.703. The van der Waals surface area contributed by atoms with E-state index in [-0.39, 0.29) is 0 Å². The maximum Gasteiger partial charge on any atom is 0.300 e. The molecule has 58 valence electrons. The molecule has 1 saturated heterocycles. The smallest absolute Gasteiger partial charge is 0.242 e. The van der Waals surface area contributed by atoms with Crippen molar-refractivity contribution in [3.8, 4) is 0 Å². The van der Waals surface area contributed by atoms with Gasteiger partial charge in [0, 0.05) is 0 Å². The van der Waals surface area contributed by atoms with Crippen molar-refractivity contribution in [1.82, 2.24) is 0 Å². The number of rotatable bonds is 0. The Morgan fingerprint density at radius 2 is 1.60 bits per heavy atom. The highest BCUT2D eigenvalue weighted by Gasteiger charge is 2.63. The van der Waals surface area contributed by atoms with Crippen molar-refractivity contribution in [2.75, 3.05) is 0 Å². The summed E-state index contributed by atoms with van der Waals surface area (Å²) in [6, 6.07) is 0. The predicted octanol–water partition coefficient (Wildman–Crippen LogP) is 1.01. The Morgan fingerprint density at radius 3 is 1.90 bits per heavy atom. The summed E-state index contributed by atoms with van der Waals surface area (Å²) in [6.45, 7) is 0. The molecule has 2 rings (SSSR count). The van der Waals surface area contributed by atoms with Gasteiger partial charge < -0.3 is 0 Å². The van der Waals surface area contributed by atoms with Crippen LogP contribution in [0.15, 0.2) is 0 Å². The Labute approximate surface area is 60.5 Å². The van der Waals surface area contributed by atoms with Crippen LogP contribution in [0.3, 0.4) is 0 Å². The second-order valence-electron chi connectivity index (χ2n) is 3.01. The molecule has 0 bridgehead atoms. The fraction of sp³-hybridized carbons (Fsp3) is 1.00. The first-order chi connectivity index (χ1) is 4.66. The molecule has 4 heteroatoms. The van der Waals surface area contributed by atoms with Crippen molar-refractivity contribution >= 4 is 10.1 Å². The van der Waals surface area contributed by atoms with E-state index in [1.165, 1.54) is 0 Å². The van der Waals surface area contributed by atoms with Crippen molar-refractivity contribution in [2.24, 2.45) is 0 Å². The Balaban J connectivity index is 2.19. The molecule has 1 aliphatic carbocycles. The number of hydrogen-bond acceptors (Lipinski definition) is 3. The minimum absolute atomic E-state index is 0.703. The van der Waals surface area contributed by atoms with Gasteiger partial charge in [0.15, 0.2) is 0 Å². The van der Waals surface area contributed by atoms with Gasteiger partial charge in [0.05, 0.1) is 0 Å². The SMILES string of the molecule is O=S1(=O)OC12CCCCC2. The van der Waals surface area contributed by atoms with Crippen LogP contribution in [0.1, 0.15) is 32.1 Å². The van der Waals surface area contributed by atoms with Gasteiger partial charge in [-0.2, -0.15) is 8.42 Å². The van der Waals surface area contributed by atoms with Crippen molar-refractivity contribution in [3.63, 3.8) is 0 Å². The molecule has 0 amide bonds. The van der Waals surface area contributed by atoms with Gasteiger partial charge in [0.1, 0.15) is 0 Å². The standard InChI is InChI=1S/C6H10O3S/c7-10(8)6(9-10)4-2-1-3-5-6/h1-5H2. The highest BCUT2D eigenvalue weighted by Crippen LogP contribution is 2.49. The van der Waals surface area contributed by atoms with Gasteiger partial charge >= 0.3 is 10.1 Å². The zero-order valence-electron chi connectivity index (χ0n) is 5.67. The second-order valence-corrected chi connectivity index (χ2v) is 4.83. The molecule has 1 saturated carbocycles. The summed E-state index contributed by atoms with van der Waals surface area (Å²) >= 11 is 0. The third-order valence-corrected chi connectivity index (χ3v) is 4.10. The summed E-state index contributed by atoms with van der Waals surface area (Å²) in [6.07, 6.45) is 4.59. The third-order valence-electron chi connectivity index (χ3n) is 2.31. The van der Waals surface area contributed by atoms with Crippen molar-refractivity contribution in [2.45, 2.75) is 37.0 Å². The van der Waals surface area contributed by atoms with E-state index in [1.807, 2.05) is 0 Å². The van der Waals surface area contributed by atoms with Crippen molar-refractivity contribution in [1.29, 1.82) is 0 Å². The van der Waals surface area contributed by atoms with Crippen LogP contribution in [0.2, 0.25) is 0 Å². The average Bonchev–Trinajstić information content (AvgIpc) is 2.36. The molecule has 1 heterocycles. The highest BCUT2D eigenvalue weighted by molar-refractivity contribution is 7.93. The van der Waals surface area contributed by atoms with Gasteiger partial charge in [-0.25, -0.2) is 4.18 Å². The van der Waals surface area contributed by atoms with Gasteiger partial charge in [0.25, 0.3) is 0 Å². The molecular formula is C6H10O3S. The number of hydrogen-bond donors (Lipinski definition) is 0. The summed E-state index contributed by atoms with van der Waals surface area (Å²) in [7, 11) is -3.08. The maximum atomic E-state index is 10.8. The van der Waals surface area contributed by atoms with Crippen LogP contribution in [0.4, 0.5) is 0 Å². The molecule has 0 aromatic carbocycles. The lowest BCUT2D eigenvalue weighted by Gasteiger charge is -2.12. The molecule has 0 atom stereocenters. The lowest BCUT2D eigenvalue weighted by Crippen LogP contribution is -2.16. The molecule has 0 radical (unpaired) electrons. The van der Waals surface area contributed by atoms with E-state index in [9.17, 15) is 8.42 Å². The minimum atomic E-state index is -3.08. The molecule has 0 aromatic heterocycles. The first-order valence-electron chi connectivity index (χ1n) is 3.62. The normalized spacial score (nSPS) is 34.0. The Hall–Kier alpha value is -0.0900. The first-order valence-corrected chi connectivity index (χ1v) is 5.02. The Bertz CT molecular complexity index is 236. The van der Waals surface area contributed by atoms with Gasteiger partial charge in [-0.15, -0.1) is 0 Å². The van der Waals surface area contributed by atoms with E-state index < -0.39 is 15.1 Å². The first kappa shape index (κ1) is 6.61.